The molecule has 1 aromatic carbocycles. The van der Waals surface area contributed by atoms with Gasteiger partial charge in [0.1, 0.15) is 10.1 Å². The summed E-state index contributed by atoms with van der Waals surface area (Å²) < 4.78 is 13.0. The summed E-state index contributed by atoms with van der Waals surface area (Å²) in [6.07, 6.45) is 7.02. The SMILES string of the molecule is O=C1NC2=CC=CCC2C1(Br)Cc1ccccc1F. The molecular weight excluding hydrogens is 309 g/mol. The number of alkyl halides is 1. The van der Waals surface area contributed by atoms with Crippen molar-refractivity contribution in [1.82, 2.24) is 5.32 Å². The predicted molar refractivity (Wildman–Crippen MR) is 75.2 cm³/mol. The highest BCUT2D eigenvalue weighted by Crippen LogP contribution is 2.44. The number of allylic oxidation sites excluding steroid dienone is 4. The smallest absolute Gasteiger partial charge is 0.242 e. The number of fused-ring (bicyclic) bond motifs is 1. The second-order valence-corrected chi connectivity index (χ2v) is 6.34. The maximum absolute atomic E-state index is 13.8. The second kappa shape index (κ2) is 4.60. The molecule has 3 rings (SSSR count). The van der Waals surface area contributed by atoms with Crippen LogP contribution < -0.4 is 5.32 Å². The first-order valence-electron chi connectivity index (χ1n) is 6.22. The number of nitrogens with one attached hydrogen (secondary N) is 1. The first kappa shape index (κ1) is 12.6. The van der Waals surface area contributed by atoms with E-state index < -0.39 is 4.32 Å². The van der Waals surface area contributed by atoms with Crippen LogP contribution in [0.5, 0.6) is 0 Å². The lowest BCUT2D eigenvalue weighted by Crippen LogP contribution is -2.38. The van der Waals surface area contributed by atoms with E-state index >= 15 is 0 Å². The van der Waals surface area contributed by atoms with E-state index in [-0.39, 0.29) is 17.6 Å². The molecule has 1 heterocycles. The van der Waals surface area contributed by atoms with Crippen LogP contribution in [0, 0.1) is 11.7 Å². The molecule has 4 heteroatoms. The van der Waals surface area contributed by atoms with Crippen molar-refractivity contribution in [2.75, 3.05) is 0 Å². The van der Waals surface area contributed by atoms with Crippen LogP contribution in [0.4, 0.5) is 4.39 Å². The fourth-order valence-corrected chi connectivity index (χ4v) is 3.54. The number of benzene rings is 1. The molecule has 0 spiro atoms. The largest absolute Gasteiger partial charge is 0.328 e. The molecule has 1 amide bonds. The Morgan fingerprint density at radius 3 is 3.00 bits per heavy atom. The van der Waals surface area contributed by atoms with Crippen molar-refractivity contribution in [3.05, 3.63) is 59.6 Å². The van der Waals surface area contributed by atoms with Gasteiger partial charge in [-0.3, -0.25) is 4.79 Å². The van der Waals surface area contributed by atoms with Crippen LogP contribution in [0.25, 0.3) is 0 Å². The Morgan fingerprint density at radius 2 is 2.21 bits per heavy atom. The third kappa shape index (κ3) is 2.04. The average Bonchev–Trinajstić information content (AvgIpc) is 2.65. The molecular formula is C15H13BrFNO. The molecule has 0 aromatic heterocycles. The second-order valence-electron chi connectivity index (χ2n) is 4.92. The highest BCUT2D eigenvalue weighted by molar-refractivity contribution is 9.10. The molecule has 1 fully saturated rings. The van der Waals surface area contributed by atoms with E-state index in [9.17, 15) is 9.18 Å². The zero-order chi connectivity index (χ0) is 13.5. The topological polar surface area (TPSA) is 29.1 Å². The third-order valence-electron chi connectivity index (χ3n) is 3.75. The average molecular weight is 322 g/mol. The molecule has 19 heavy (non-hydrogen) atoms. The number of carbonyl (C=O) groups excluding carboxylic acids is 1. The summed E-state index contributed by atoms with van der Waals surface area (Å²) in [5.41, 5.74) is 1.48. The molecule has 2 unspecified atom stereocenters. The molecule has 0 bridgehead atoms. The molecule has 2 aliphatic rings. The molecule has 1 aliphatic heterocycles. The summed E-state index contributed by atoms with van der Waals surface area (Å²) in [5.74, 6) is -0.307. The lowest BCUT2D eigenvalue weighted by atomic mass is 9.83. The number of rotatable bonds is 2. The van der Waals surface area contributed by atoms with Crippen molar-refractivity contribution >= 4 is 21.8 Å². The third-order valence-corrected chi connectivity index (χ3v) is 4.95. The Morgan fingerprint density at radius 1 is 1.42 bits per heavy atom. The van der Waals surface area contributed by atoms with Crippen molar-refractivity contribution in [1.29, 1.82) is 0 Å². The first-order valence-corrected chi connectivity index (χ1v) is 7.01. The molecule has 2 atom stereocenters. The van der Waals surface area contributed by atoms with Gasteiger partial charge in [-0.05, 0) is 24.1 Å². The maximum atomic E-state index is 13.8. The highest BCUT2D eigenvalue weighted by Gasteiger charge is 2.51. The Kier molecular flexibility index (Phi) is 3.05. The zero-order valence-electron chi connectivity index (χ0n) is 10.2. The lowest BCUT2D eigenvalue weighted by Gasteiger charge is -2.27. The van der Waals surface area contributed by atoms with E-state index in [2.05, 4.69) is 21.2 Å². The number of amides is 1. The molecule has 0 radical (unpaired) electrons. The number of hydrogen-bond donors (Lipinski definition) is 1. The molecule has 1 saturated heterocycles. The Hall–Kier alpha value is -1.42. The van der Waals surface area contributed by atoms with Crippen LogP contribution in [0.2, 0.25) is 0 Å². The van der Waals surface area contributed by atoms with Gasteiger partial charge in [0, 0.05) is 18.0 Å². The van der Waals surface area contributed by atoms with Crippen molar-refractivity contribution in [2.45, 2.75) is 17.2 Å². The fourth-order valence-electron chi connectivity index (χ4n) is 2.71. The van der Waals surface area contributed by atoms with Crippen LogP contribution in [0.15, 0.2) is 48.2 Å². The molecule has 1 N–H and O–H groups in total. The minimum atomic E-state index is -0.758. The van der Waals surface area contributed by atoms with Crippen LogP contribution in [0.3, 0.4) is 0 Å². The predicted octanol–water partition coefficient (Wildman–Crippen LogP) is 3.09. The lowest BCUT2D eigenvalue weighted by molar-refractivity contribution is -0.121. The normalized spacial score (nSPS) is 28.8. The maximum Gasteiger partial charge on any atom is 0.242 e. The molecule has 1 aliphatic carbocycles. The quantitative estimate of drug-likeness (QED) is 0.833. The fraction of sp³-hybridized carbons (Fsp3) is 0.267. The summed E-state index contributed by atoms with van der Waals surface area (Å²) in [7, 11) is 0. The van der Waals surface area contributed by atoms with Gasteiger partial charge in [0.15, 0.2) is 0 Å². The highest BCUT2D eigenvalue weighted by atomic mass is 79.9. The zero-order valence-corrected chi connectivity index (χ0v) is 11.8. The Labute approximate surface area is 119 Å². The van der Waals surface area contributed by atoms with Gasteiger partial charge < -0.3 is 5.32 Å². The van der Waals surface area contributed by atoms with Crippen molar-refractivity contribution in [3.63, 3.8) is 0 Å². The van der Waals surface area contributed by atoms with Crippen LogP contribution in [-0.2, 0) is 11.2 Å². The van der Waals surface area contributed by atoms with Gasteiger partial charge >= 0.3 is 0 Å². The summed E-state index contributed by atoms with van der Waals surface area (Å²) in [6.45, 7) is 0. The van der Waals surface area contributed by atoms with Gasteiger partial charge in [-0.2, -0.15) is 0 Å². The van der Waals surface area contributed by atoms with Crippen molar-refractivity contribution < 1.29 is 9.18 Å². The van der Waals surface area contributed by atoms with Gasteiger partial charge in [0.2, 0.25) is 5.91 Å². The summed E-state index contributed by atoms with van der Waals surface area (Å²) in [4.78, 5) is 12.2. The van der Waals surface area contributed by atoms with Gasteiger partial charge in [-0.1, -0.05) is 46.3 Å². The minimum absolute atomic E-state index is 0.0459. The molecule has 98 valence electrons. The van der Waals surface area contributed by atoms with Crippen LogP contribution in [-0.4, -0.2) is 10.2 Å². The van der Waals surface area contributed by atoms with E-state index in [0.29, 0.717) is 12.0 Å². The monoisotopic (exact) mass is 321 g/mol. The number of halogens is 2. The van der Waals surface area contributed by atoms with Crippen LogP contribution in [0.1, 0.15) is 12.0 Å². The molecule has 1 aromatic rings. The Balaban J connectivity index is 1.95. The molecule has 2 nitrogen and oxygen atoms in total. The van der Waals surface area contributed by atoms with Gasteiger partial charge in [0.25, 0.3) is 0 Å². The number of hydrogen-bond acceptors (Lipinski definition) is 1. The van der Waals surface area contributed by atoms with Crippen molar-refractivity contribution in [3.8, 4) is 0 Å². The van der Waals surface area contributed by atoms with Gasteiger partial charge in [-0.15, -0.1) is 0 Å². The van der Waals surface area contributed by atoms with Crippen LogP contribution >= 0.6 is 15.9 Å². The van der Waals surface area contributed by atoms with E-state index in [1.54, 1.807) is 18.2 Å². The first-order chi connectivity index (χ1) is 9.11. The van der Waals surface area contributed by atoms with E-state index in [1.807, 2.05) is 18.2 Å². The summed E-state index contributed by atoms with van der Waals surface area (Å²) in [6, 6.07) is 6.60. The standard InChI is InChI=1S/C15H13BrFNO/c16-15(9-10-5-1-3-7-12(10)17)11-6-2-4-8-13(11)18-14(15)19/h1-5,7-8,11H,6,9H2,(H,18,19). The number of carbonyl (C=O) groups is 1. The van der Waals surface area contributed by atoms with E-state index in [4.69, 9.17) is 0 Å². The van der Waals surface area contributed by atoms with Gasteiger partial charge in [0.05, 0.1) is 0 Å². The molecule has 0 saturated carbocycles. The van der Waals surface area contributed by atoms with E-state index in [1.165, 1.54) is 6.07 Å². The van der Waals surface area contributed by atoms with E-state index in [0.717, 1.165) is 12.1 Å². The summed E-state index contributed by atoms with van der Waals surface area (Å²) >= 11 is 3.57. The minimum Gasteiger partial charge on any atom is -0.328 e. The van der Waals surface area contributed by atoms with Gasteiger partial charge in [-0.25, -0.2) is 4.39 Å². The Bertz CT molecular complexity index is 596. The van der Waals surface area contributed by atoms with Crippen molar-refractivity contribution in [2.24, 2.45) is 5.92 Å². The summed E-state index contributed by atoms with van der Waals surface area (Å²) in [5, 5.41) is 2.89.